The van der Waals surface area contributed by atoms with Gasteiger partial charge in [-0.25, -0.2) is 0 Å². The van der Waals surface area contributed by atoms with Crippen LogP contribution >= 0.6 is 23.2 Å². The van der Waals surface area contributed by atoms with Crippen LogP contribution in [-0.4, -0.2) is 28.6 Å². The van der Waals surface area contributed by atoms with Crippen LogP contribution in [0.4, 0.5) is 0 Å². The van der Waals surface area contributed by atoms with Gasteiger partial charge < -0.3 is 10.2 Å². The molecule has 1 saturated carbocycles. The van der Waals surface area contributed by atoms with Crippen molar-refractivity contribution in [3.8, 4) is 0 Å². The van der Waals surface area contributed by atoms with E-state index in [2.05, 4.69) is 5.32 Å². The molecule has 0 aliphatic heterocycles. The summed E-state index contributed by atoms with van der Waals surface area (Å²) in [6, 6.07) is 14.6. The number of rotatable bonds is 8. The van der Waals surface area contributed by atoms with Gasteiger partial charge in [-0.2, -0.15) is 0 Å². The summed E-state index contributed by atoms with van der Waals surface area (Å²) in [7, 11) is 0. The summed E-state index contributed by atoms with van der Waals surface area (Å²) < 4.78 is 0. The molecular formula is C25H30Cl2N2O2. The summed E-state index contributed by atoms with van der Waals surface area (Å²) in [4.78, 5) is 28.3. The molecule has 31 heavy (non-hydrogen) atoms. The second-order valence-corrected chi connectivity index (χ2v) is 9.06. The Labute approximate surface area is 194 Å². The molecule has 2 aromatic carbocycles. The molecule has 1 N–H and O–H groups in total. The largest absolute Gasteiger partial charge is 0.351 e. The van der Waals surface area contributed by atoms with Gasteiger partial charge in [0.2, 0.25) is 11.8 Å². The third-order valence-corrected chi connectivity index (χ3v) is 6.24. The molecule has 0 spiro atoms. The summed E-state index contributed by atoms with van der Waals surface area (Å²) in [6.45, 7) is 2.36. The predicted molar refractivity (Wildman–Crippen MR) is 126 cm³/mol. The van der Waals surface area contributed by atoms with Crippen molar-refractivity contribution < 1.29 is 9.59 Å². The first-order valence-corrected chi connectivity index (χ1v) is 11.9. The van der Waals surface area contributed by atoms with E-state index in [1.807, 2.05) is 43.3 Å². The van der Waals surface area contributed by atoms with E-state index in [9.17, 15) is 9.59 Å². The number of hydrogen-bond acceptors (Lipinski definition) is 2. The van der Waals surface area contributed by atoms with Crippen LogP contribution < -0.4 is 5.32 Å². The highest BCUT2D eigenvalue weighted by Gasteiger charge is 2.32. The maximum Gasteiger partial charge on any atom is 0.247 e. The van der Waals surface area contributed by atoms with Gasteiger partial charge in [0.1, 0.15) is 6.04 Å². The van der Waals surface area contributed by atoms with Crippen LogP contribution in [0.15, 0.2) is 48.5 Å². The molecule has 1 aliphatic carbocycles. The molecule has 4 nitrogen and oxygen atoms in total. The molecule has 2 amide bonds. The van der Waals surface area contributed by atoms with Crippen LogP contribution in [0.1, 0.15) is 61.3 Å². The maximum absolute atomic E-state index is 13.5. The number of carbonyl (C=O) groups excluding carboxylic acids is 2. The zero-order valence-corrected chi connectivity index (χ0v) is 19.5. The zero-order chi connectivity index (χ0) is 22.2. The first-order valence-electron chi connectivity index (χ1n) is 10.9. The molecule has 0 saturated heterocycles. The number of aryl methyl sites for hydroxylation is 1. The summed E-state index contributed by atoms with van der Waals surface area (Å²) in [5.74, 6) is -0.0838. The Bertz CT molecular complexity index is 862. The van der Waals surface area contributed by atoms with Crippen LogP contribution in [0.3, 0.4) is 0 Å². The van der Waals surface area contributed by atoms with Gasteiger partial charge in [-0.15, -0.1) is 11.6 Å². The Kier molecular flexibility index (Phi) is 8.79. The van der Waals surface area contributed by atoms with Gasteiger partial charge in [0.05, 0.1) is 0 Å². The van der Waals surface area contributed by atoms with E-state index in [-0.39, 0.29) is 30.2 Å². The van der Waals surface area contributed by atoms with E-state index >= 15 is 0 Å². The Morgan fingerprint density at radius 2 is 1.68 bits per heavy atom. The van der Waals surface area contributed by atoms with E-state index in [0.717, 1.165) is 42.4 Å². The SMILES string of the molecule is Cc1ccc(CN(C(=O)CCCl)[C@H](C(=O)NC2CCCCC2)c2ccc(Cl)cc2)cc1. The highest BCUT2D eigenvalue weighted by Crippen LogP contribution is 2.27. The highest BCUT2D eigenvalue weighted by molar-refractivity contribution is 6.30. The molecule has 6 heteroatoms. The lowest BCUT2D eigenvalue weighted by Crippen LogP contribution is -2.46. The molecule has 1 atom stereocenters. The van der Waals surface area contributed by atoms with Crippen LogP contribution in [0.25, 0.3) is 0 Å². The summed E-state index contributed by atoms with van der Waals surface area (Å²) >= 11 is 12.0. The van der Waals surface area contributed by atoms with E-state index in [4.69, 9.17) is 23.2 Å². The first kappa shape index (κ1) is 23.6. The molecule has 0 heterocycles. The lowest BCUT2D eigenvalue weighted by Gasteiger charge is -2.33. The molecule has 0 radical (unpaired) electrons. The lowest BCUT2D eigenvalue weighted by molar-refractivity contribution is -0.141. The van der Waals surface area contributed by atoms with Crippen molar-refractivity contribution in [1.82, 2.24) is 10.2 Å². The van der Waals surface area contributed by atoms with Gasteiger partial charge in [0.15, 0.2) is 0 Å². The smallest absolute Gasteiger partial charge is 0.247 e. The van der Waals surface area contributed by atoms with Crippen molar-refractivity contribution in [2.24, 2.45) is 0 Å². The fourth-order valence-corrected chi connectivity index (χ4v) is 4.37. The fraction of sp³-hybridized carbons (Fsp3) is 0.440. The second kappa shape index (κ2) is 11.5. The van der Waals surface area contributed by atoms with Crippen molar-refractivity contribution in [2.45, 2.75) is 64.1 Å². The van der Waals surface area contributed by atoms with Crippen LogP contribution in [-0.2, 0) is 16.1 Å². The Hall–Kier alpha value is -2.04. The summed E-state index contributed by atoms with van der Waals surface area (Å²) in [6.07, 6.45) is 5.58. The molecule has 1 fully saturated rings. The number of hydrogen-bond donors (Lipinski definition) is 1. The third kappa shape index (κ3) is 6.72. The van der Waals surface area contributed by atoms with Gasteiger partial charge in [0, 0.05) is 29.9 Å². The van der Waals surface area contributed by atoms with Gasteiger partial charge in [-0.1, -0.05) is 72.8 Å². The molecule has 2 aromatic rings. The van der Waals surface area contributed by atoms with E-state index in [0.29, 0.717) is 11.6 Å². The monoisotopic (exact) mass is 460 g/mol. The number of benzene rings is 2. The number of amides is 2. The Balaban J connectivity index is 1.94. The van der Waals surface area contributed by atoms with Gasteiger partial charge in [0.25, 0.3) is 0 Å². The molecule has 0 aromatic heterocycles. The zero-order valence-electron chi connectivity index (χ0n) is 17.9. The fourth-order valence-electron chi connectivity index (χ4n) is 4.08. The van der Waals surface area contributed by atoms with Crippen LogP contribution in [0.2, 0.25) is 5.02 Å². The van der Waals surface area contributed by atoms with E-state index < -0.39 is 6.04 Å². The highest BCUT2D eigenvalue weighted by atomic mass is 35.5. The lowest BCUT2D eigenvalue weighted by atomic mass is 9.94. The van der Waals surface area contributed by atoms with Crippen molar-refractivity contribution in [3.05, 3.63) is 70.2 Å². The van der Waals surface area contributed by atoms with Crippen molar-refractivity contribution in [3.63, 3.8) is 0 Å². The van der Waals surface area contributed by atoms with Crippen molar-refractivity contribution >= 4 is 35.0 Å². The van der Waals surface area contributed by atoms with Crippen molar-refractivity contribution in [2.75, 3.05) is 5.88 Å². The van der Waals surface area contributed by atoms with Crippen molar-refractivity contribution in [1.29, 1.82) is 0 Å². The van der Waals surface area contributed by atoms with Gasteiger partial charge >= 0.3 is 0 Å². The normalized spacial score (nSPS) is 15.3. The Morgan fingerprint density at radius 3 is 2.29 bits per heavy atom. The average Bonchev–Trinajstić information content (AvgIpc) is 2.77. The first-order chi connectivity index (χ1) is 15.0. The molecule has 166 valence electrons. The average molecular weight is 461 g/mol. The summed E-state index contributed by atoms with van der Waals surface area (Å²) in [5.41, 5.74) is 2.86. The number of halogens is 2. The van der Waals surface area contributed by atoms with E-state index in [1.165, 1.54) is 6.42 Å². The second-order valence-electron chi connectivity index (χ2n) is 8.24. The maximum atomic E-state index is 13.5. The van der Waals surface area contributed by atoms with Gasteiger partial charge in [-0.05, 0) is 43.0 Å². The number of carbonyl (C=O) groups is 2. The predicted octanol–water partition coefficient (Wildman–Crippen LogP) is 5.80. The van der Waals surface area contributed by atoms with E-state index in [1.54, 1.807) is 17.0 Å². The molecule has 3 rings (SSSR count). The Morgan fingerprint density at radius 1 is 1.03 bits per heavy atom. The van der Waals surface area contributed by atoms with Gasteiger partial charge in [-0.3, -0.25) is 9.59 Å². The van der Waals surface area contributed by atoms with Crippen LogP contribution in [0.5, 0.6) is 0 Å². The van der Waals surface area contributed by atoms with Crippen LogP contribution in [0, 0.1) is 6.92 Å². The molecule has 0 unspecified atom stereocenters. The summed E-state index contributed by atoms with van der Waals surface area (Å²) in [5, 5.41) is 3.80. The number of alkyl halides is 1. The molecular weight excluding hydrogens is 431 g/mol. The topological polar surface area (TPSA) is 49.4 Å². The number of nitrogens with one attached hydrogen (secondary N) is 1. The minimum atomic E-state index is -0.740. The quantitative estimate of drug-likeness (QED) is 0.506. The minimum absolute atomic E-state index is 0.144. The third-order valence-electron chi connectivity index (χ3n) is 5.80. The minimum Gasteiger partial charge on any atom is -0.351 e. The number of nitrogens with zero attached hydrogens (tertiary/aromatic N) is 1. The molecule has 0 bridgehead atoms. The molecule has 1 aliphatic rings. The standard InChI is InChI=1S/C25H30Cl2N2O2/c1-18-7-9-19(10-8-18)17-29(23(30)15-16-26)24(20-11-13-21(27)14-12-20)25(31)28-22-5-3-2-4-6-22/h7-14,22,24H,2-6,15-17H2,1H3,(H,28,31)/t24-/m0/s1.